The zero-order valence-corrected chi connectivity index (χ0v) is 15.5. The lowest BCUT2D eigenvalue weighted by molar-refractivity contribution is -0.384. The van der Waals surface area contributed by atoms with Gasteiger partial charge in [0.05, 0.1) is 29.3 Å². The van der Waals surface area contributed by atoms with Crippen LogP contribution in [0, 0.1) is 10.1 Å². The highest BCUT2D eigenvalue weighted by atomic mass is 16.6. The van der Waals surface area contributed by atoms with Crippen molar-refractivity contribution in [2.45, 2.75) is 0 Å². The van der Waals surface area contributed by atoms with Gasteiger partial charge in [-0.15, -0.1) is 0 Å². The Bertz CT molecular complexity index is 1030. The molecule has 0 fully saturated rings. The maximum atomic E-state index is 10.8. The molecular weight excluding hydrogens is 368 g/mol. The molecule has 0 aliphatic carbocycles. The lowest BCUT2D eigenvalue weighted by Gasteiger charge is -2.33. The maximum absolute atomic E-state index is 10.8. The van der Waals surface area contributed by atoms with Crippen molar-refractivity contribution < 1.29 is 4.92 Å². The van der Waals surface area contributed by atoms with Crippen molar-refractivity contribution in [3.05, 3.63) is 89.0 Å². The summed E-state index contributed by atoms with van der Waals surface area (Å²) in [7, 11) is 0. The molecule has 4 rings (SSSR count). The first kappa shape index (κ1) is 18.3. The molecule has 144 valence electrons. The second-order valence-corrected chi connectivity index (χ2v) is 6.42. The van der Waals surface area contributed by atoms with Crippen molar-refractivity contribution in [1.82, 2.24) is 0 Å². The van der Waals surface area contributed by atoms with Crippen LogP contribution < -0.4 is 9.80 Å². The molecule has 0 aromatic heterocycles. The fourth-order valence-electron chi connectivity index (χ4n) is 2.92. The highest BCUT2D eigenvalue weighted by molar-refractivity contribution is 5.81. The van der Waals surface area contributed by atoms with Gasteiger partial charge in [-0.2, -0.15) is 10.2 Å². The van der Waals surface area contributed by atoms with Crippen LogP contribution in [0.5, 0.6) is 0 Å². The Morgan fingerprint density at radius 3 is 2.10 bits per heavy atom. The second kappa shape index (κ2) is 8.30. The van der Waals surface area contributed by atoms with E-state index in [0.717, 1.165) is 22.7 Å². The first-order valence-corrected chi connectivity index (χ1v) is 9.02. The van der Waals surface area contributed by atoms with Gasteiger partial charge in [0, 0.05) is 23.5 Å². The molecule has 0 atom stereocenters. The zero-order valence-electron chi connectivity index (χ0n) is 15.5. The van der Waals surface area contributed by atoms with Crippen molar-refractivity contribution in [2.75, 3.05) is 23.1 Å². The van der Waals surface area contributed by atoms with Crippen molar-refractivity contribution in [3.63, 3.8) is 0 Å². The highest BCUT2D eigenvalue weighted by Gasteiger charge is 2.16. The third-order valence-corrected chi connectivity index (χ3v) is 4.44. The van der Waals surface area contributed by atoms with Gasteiger partial charge in [0.25, 0.3) is 5.69 Å². The Morgan fingerprint density at radius 2 is 1.45 bits per heavy atom. The van der Waals surface area contributed by atoms with Crippen LogP contribution in [-0.2, 0) is 0 Å². The Morgan fingerprint density at radius 1 is 0.828 bits per heavy atom. The second-order valence-electron chi connectivity index (χ2n) is 6.42. The smallest absolute Gasteiger partial charge is 0.269 e. The van der Waals surface area contributed by atoms with E-state index in [9.17, 15) is 10.1 Å². The van der Waals surface area contributed by atoms with Gasteiger partial charge in [0.15, 0.2) is 0 Å². The molecular formula is C21H18N6O2. The number of rotatable bonds is 5. The standard InChI is InChI=1S/C21H18N6O2/c28-27(29)21-12-10-20(11-13-21)26-15-22-14-25(16-26)19-8-6-18(7-9-19)24-23-17-4-2-1-3-5-17/h1-14H,15-16H2. The van der Waals surface area contributed by atoms with E-state index in [-0.39, 0.29) is 5.69 Å². The van der Waals surface area contributed by atoms with Crippen LogP contribution in [0.2, 0.25) is 0 Å². The minimum Gasteiger partial charge on any atom is -0.334 e. The molecule has 1 aliphatic heterocycles. The first-order valence-electron chi connectivity index (χ1n) is 9.02. The van der Waals surface area contributed by atoms with Crippen LogP contribution in [0.1, 0.15) is 0 Å². The summed E-state index contributed by atoms with van der Waals surface area (Å²) in [4.78, 5) is 18.9. The predicted octanol–water partition coefficient (Wildman–Crippen LogP) is 5.28. The molecule has 0 saturated carbocycles. The highest BCUT2D eigenvalue weighted by Crippen LogP contribution is 2.25. The Balaban J connectivity index is 1.44. The normalized spacial score (nSPS) is 13.8. The molecule has 0 bridgehead atoms. The fourth-order valence-corrected chi connectivity index (χ4v) is 2.92. The molecule has 8 nitrogen and oxygen atoms in total. The van der Waals surface area contributed by atoms with E-state index in [2.05, 4.69) is 15.2 Å². The summed E-state index contributed by atoms with van der Waals surface area (Å²) >= 11 is 0. The minimum absolute atomic E-state index is 0.0753. The number of non-ortho nitro benzene ring substituents is 1. The monoisotopic (exact) mass is 386 g/mol. The average Bonchev–Trinajstić information content (AvgIpc) is 2.79. The van der Waals surface area contributed by atoms with Gasteiger partial charge in [-0.3, -0.25) is 15.1 Å². The summed E-state index contributed by atoms with van der Waals surface area (Å²) in [6.45, 7) is 1.09. The molecule has 29 heavy (non-hydrogen) atoms. The number of benzene rings is 3. The van der Waals surface area contributed by atoms with Crippen LogP contribution in [-0.4, -0.2) is 24.6 Å². The first-order chi connectivity index (χ1) is 14.2. The van der Waals surface area contributed by atoms with Gasteiger partial charge >= 0.3 is 0 Å². The van der Waals surface area contributed by atoms with E-state index in [1.54, 1.807) is 18.5 Å². The van der Waals surface area contributed by atoms with Crippen LogP contribution >= 0.6 is 0 Å². The molecule has 3 aromatic rings. The molecule has 0 unspecified atom stereocenters. The number of nitro benzene ring substituents is 1. The quantitative estimate of drug-likeness (QED) is 0.339. The fraction of sp³-hybridized carbons (Fsp3) is 0.0952. The van der Waals surface area contributed by atoms with E-state index >= 15 is 0 Å². The predicted molar refractivity (Wildman–Crippen MR) is 113 cm³/mol. The lowest BCUT2D eigenvalue weighted by Crippen LogP contribution is -2.41. The van der Waals surface area contributed by atoms with Gasteiger partial charge in [-0.1, -0.05) is 18.2 Å². The summed E-state index contributed by atoms with van der Waals surface area (Å²) in [5, 5.41) is 19.3. The van der Waals surface area contributed by atoms with E-state index in [1.165, 1.54) is 12.1 Å². The van der Waals surface area contributed by atoms with Crippen molar-refractivity contribution >= 4 is 34.8 Å². The molecule has 0 N–H and O–H groups in total. The summed E-state index contributed by atoms with van der Waals surface area (Å²) in [5.74, 6) is 0. The van der Waals surface area contributed by atoms with E-state index in [4.69, 9.17) is 0 Å². The SMILES string of the molecule is O=[N+]([O-])c1ccc(N2CN=CN(c3ccc(N=Nc4ccccc4)cc3)C2)cc1. The average molecular weight is 386 g/mol. The van der Waals surface area contributed by atoms with Crippen LogP contribution in [0.3, 0.4) is 0 Å². The van der Waals surface area contributed by atoms with Gasteiger partial charge in [0.2, 0.25) is 0 Å². The number of aliphatic imine (C=N–C) groups is 1. The van der Waals surface area contributed by atoms with Crippen molar-refractivity contribution in [2.24, 2.45) is 15.2 Å². The third kappa shape index (κ3) is 4.44. The number of anilines is 2. The zero-order chi connectivity index (χ0) is 20.1. The van der Waals surface area contributed by atoms with E-state index < -0.39 is 4.92 Å². The number of nitro groups is 1. The minimum atomic E-state index is -0.402. The Kier molecular flexibility index (Phi) is 5.24. The molecule has 0 radical (unpaired) electrons. The number of hydrogen-bond acceptors (Lipinski definition) is 7. The summed E-state index contributed by atoms with van der Waals surface area (Å²) in [6.07, 6.45) is 1.79. The van der Waals surface area contributed by atoms with Crippen LogP contribution in [0.25, 0.3) is 0 Å². The van der Waals surface area contributed by atoms with Crippen LogP contribution in [0.4, 0.5) is 28.4 Å². The number of azo groups is 1. The summed E-state index contributed by atoms with van der Waals surface area (Å²) in [6, 6.07) is 23.8. The van der Waals surface area contributed by atoms with Crippen LogP contribution in [0.15, 0.2) is 94.1 Å². The summed E-state index contributed by atoms with van der Waals surface area (Å²) in [5.41, 5.74) is 3.49. The van der Waals surface area contributed by atoms with Crippen molar-refractivity contribution in [1.29, 1.82) is 0 Å². The number of hydrogen-bond donors (Lipinski definition) is 0. The molecule has 1 aliphatic rings. The molecule has 0 saturated heterocycles. The Hall–Kier alpha value is -4.07. The van der Waals surface area contributed by atoms with E-state index in [1.807, 2.05) is 64.4 Å². The van der Waals surface area contributed by atoms with Crippen molar-refractivity contribution in [3.8, 4) is 0 Å². The van der Waals surface area contributed by atoms with Gasteiger partial charge < -0.3 is 9.80 Å². The van der Waals surface area contributed by atoms with Gasteiger partial charge in [0.1, 0.15) is 6.67 Å². The van der Waals surface area contributed by atoms with Gasteiger partial charge in [-0.05, 0) is 48.5 Å². The van der Waals surface area contributed by atoms with Gasteiger partial charge in [-0.25, -0.2) is 0 Å². The lowest BCUT2D eigenvalue weighted by atomic mass is 10.2. The number of nitrogens with zero attached hydrogens (tertiary/aromatic N) is 6. The molecule has 8 heteroatoms. The molecule has 3 aromatic carbocycles. The molecule has 0 spiro atoms. The van der Waals surface area contributed by atoms with E-state index in [0.29, 0.717) is 13.3 Å². The maximum Gasteiger partial charge on any atom is 0.269 e. The summed E-state index contributed by atoms with van der Waals surface area (Å²) < 4.78 is 0. The topological polar surface area (TPSA) is 86.7 Å². The molecule has 0 amide bonds. The third-order valence-electron chi connectivity index (χ3n) is 4.44. The Labute approximate surface area is 167 Å². The largest absolute Gasteiger partial charge is 0.334 e. The molecule has 1 heterocycles.